The number of amides is 1. The highest BCUT2D eigenvalue weighted by Crippen LogP contribution is 2.34. The van der Waals surface area contributed by atoms with Crippen LogP contribution in [0, 0.1) is 0 Å². The third kappa shape index (κ3) is 1.78. The maximum absolute atomic E-state index is 12.1. The van der Waals surface area contributed by atoms with Crippen LogP contribution in [0.1, 0.15) is 13.8 Å². The molecule has 1 aromatic carbocycles. The molecular weight excluding hydrogens is 252 g/mol. The number of hydrogen-bond donors (Lipinski definition) is 2. The van der Waals surface area contributed by atoms with E-state index in [0.29, 0.717) is 12.2 Å². The van der Waals surface area contributed by atoms with Crippen LogP contribution in [0.5, 0.6) is 0 Å². The van der Waals surface area contributed by atoms with Gasteiger partial charge in [-0.25, -0.2) is 0 Å². The van der Waals surface area contributed by atoms with Crippen LogP contribution in [-0.2, 0) is 4.79 Å². The van der Waals surface area contributed by atoms with Gasteiger partial charge in [0.1, 0.15) is 5.54 Å². The molecule has 1 aromatic heterocycles. The summed E-state index contributed by atoms with van der Waals surface area (Å²) in [6, 6.07) is 7.71. The van der Waals surface area contributed by atoms with Crippen molar-refractivity contribution in [2.45, 2.75) is 19.4 Å². The van der Waals surface area contributed by atoms with Gasteiger partial charge in [0.2, 0.25) is 5.91 Å². The SMILES string of the molecule is CC1(C)C(=O)NCCN1c1ccc(N)c2ncccc12. The first-order valence-electron chi connectivity index (χ1n) is 6.71. The second-order valence-corrected chi connectivity index (χ2v) is 5.54. The lowest BCUT2D eigenvalue weighted by Crippen LogP contribution is -2.62. The van der Waals surface area contributed by atoms with Crippen LogP contribution in [0.2, 0.25) is 0 Å². The van der Waals surface area contributed by atoms with E-state index in [1.54, 1.807) is 6.20 Å². The fraction of sp³-hybridized carbons (Fsp3) is 0.333. The Kier molecular flexibility index (Phi) is 2.78. The Morgan fingerprint density at radius 2 is 2.15 bits per heavy atom. The molecule has 1 saturated heterocycles. The van der Waals surface area contributed by atoms with E-state index in [2.05, 4.69) is 15.2 Å². The van der Waals surface area contributed by atoms with Crippen LogP contribution in [0.15, 0.2) is 30.5 Å². The van der Waals surface area contributed by atoms with E-state index in [0.717, 1.165) is 23.1 Å². The molecule has 0 atom stereocenters. The lowest BCUT2D eigenvalue weighted by atomic mass is 9.96. The number of pyridine rings is 1. The first kappa shape index (κ1) is 12.7. The average Bonchev–Trinajstić information content (AvgIpc) is 2.43. The van der Waals surface area contributed by atoms with Crippen molar-refractivity contribution >= 4 is 28.2 Å². The van der Waals surface area contributed by atoms with Gasteiger partial charge in [0.25, 0.3) is 0 Å². The summed E-state index contributed by atoms with van der Waals surface area (Å²) in [5.41, 5.74) is 7.85. The number of anilines is 2. The van der Waals surface area contributed by atoms with Gasteiger partial charge in [-0.1, -0.05) is 0 Å². The van der Waals surface area contributed by atoms with Crippen LogP contribution < -0.4 is 16.0 Å². The van der Waals surface area contributed by atoms with Gasteiger partial charge in [0.05, 0.1) is 11.2 Å². The summed E-state index contributed by atoms with van der Waals surface area (Å²) in [5, 5.41) is 3.89. The molecule has 3 N–H and O–H groups in total. The highest BCUT2D eigenvalue weighted by molar-refractivity contribution is 6.01. The van der Waals surface area contributed by atoms with Gasteiger partial charge >= 0.3 is 0 Å². The molecule has 0 aliphatic carbocycles. The number of nitrogens with one attached hydrogen (secondary N) is 1. The van der Waals surface area contributed by atoms with Gasteiger partial charge in [-0.3, -0.25) is 9.78 Å². The molecular formula is C15H18N4O. The van der Waals surface area contributed by atoms with Crippen LogP contribution in [0.4, 0.5) is 11.4 Å². The molecule has 3 rings (SSSR count). The molecule has 2 aromatic rings. The number of rotatable bonds is 1. The molecule has 5 nitrogen and oxygen atoms in total. The van der Waals surface area contributed by atoms with Crippen molar-refractivity contribution in [3.63, 3.8) is 0 Å². The van der Waals surface area contributed by atoms with E-state index in [4.69, 9.17) is 5.73 Å². The quantitative estimate of drug-likeness (QED) is 0.771. The molecule has 0 saturated carbocycles. The molecule has 0 bridgehead atoms. The molecule has 0 spiro atoms. The molecule has 20 heavy (non-hydrogen) atoms. The van der Waals surface area contributed by atoms with E-state index in [9.17, 15) is 4.79 Å². The Morgan fingerprint density at radius 1 is 1.35 bits per heavy atom. The van der Waals surface area contributed by atoms with E-state index >= 15 is 0 Å². The number of nitrogen functional groups attached to an aromatic ring is 1. The summed E-state index contributed by atoms with van der Waals surface area (Å²) >= 11 is 0. The second kappa shape index (κ2) is 4.37. The normalized spacial score (nSPS) is 18.1. The molecule has 1 aliphatic rings. The molecule has 1 amide bonds. The summed E-state index contributed by atoms with van der Waals surface area (Å²) < 4.78 is 0. The summed E-state index contributed by atoms with van der Waals surface area (Å²) in [4.78, 5) is 18.6. The molecule has 0 radical (unpaired) electrons. The average molecular weight is 270 g/mol. The predicted octanol–water partition coefficient (Wildman–Crippen LogP) is 1.53. The largest absolute Gasteiger partial charge is 0.397 e. The first-order chi connectivity index (χ1) is 9.51. The fourth-order valence-corrected chi connectivity index (χ4v) is 2.74. The Morgan fingerprint density at radius 3 is 2.95 bits per heavy atom. The third-order valence-electron chi connectivity index (χ3n) is 3.92. The third-order valence-corrected chi connectivity index (χ3v) is 3.92. The number of benzene rings is 1. The topological polar surface area (TPSA) is 71.2 Å². The maximum Gasteiger partial charge on any atom is 0.245 e. The van der Waals surface area contributed by atoms with Crippen molar-refractivity contribution in [2.75, 3.05) is 23.7 Å². The van der Waals surface area contributed by atoms with Crippen LogP contribution >= 0.6 is 0 Å². The molecule has 5 heteroatoms. The number of aromatic nitrogens is 1. The minimum Gasteiger partial charge on any atom is -0.397 e. The predicted molar refractivity (Wildman–Crippen MR) is 80.6 cm³/mol. The Balaban J connectivity index is 2.20. The lowest BCUT2D eigenvalue weighted by molar-refractivity contribution is -0.126. The summed E-state index contributed by atoms with van der Waals surface area (Å²) in [6.45, 7) is 5.28. The molecule has 0 unspecified atom stereocenters. The monoisotopic (exact) mass is 270 g/mol. The van der Waals surface area contributed by atoms with Gasteiger partial charge < -0.3 is 16.0 Å². The van der Waals surface area contributed by atoms with Crippen LogP contribution in [0.3, 0.4) is 0 Å². The zero-order chi connectivity index (χ0) is 14.3. The number of nitrogens with zero attached hydrogens (tertiary/aromatic N) is 2. The maximum atomic E-state index is 12.1. The summed E-state index contributed by atoms with van der Waals surface area (Å²) in [7, 11) is 0. The molecule has 2 heterocycles. The first-order valence-corrected chi connectivity index (χ1v) is 6.71. The minimum atomic E-state index is -0.586. The Hall–Kier alpha value is -2.30. The molecule has 104 valence electrons. The summed E-state index contributed by atoms with van der Waals surface area (Å²) in [6.07, 6.45) is 1.73. The highest BCUT2D eigenvalue weighted by Gasteiger charge is 2.38. The molecule has 1 aliphatic heterocycles. The minimum absolute atomic E-state index is 0.0395. The number of carbonyl (C=O) groups excluding carboxylic acids is 1. The van der Waals surface area contributed by atoms with Crippen LogP contribution in [0.25, 0.3) is 10.9 Å². The Bertz CT molecular complexity index is 681. The van der Waals surface area contributed by atoms with E-state index in [1.807, 2.05) is 38.1 Å². The van der Waals surface area contributed by atoms with Crippen molar-refractivity contribution in [3.05, 3.63) is 30.5 Å². The van der Waals surface area contributed by atoms with Gasteiger partial charge in [-0.2, -0.15) is 0 Å². The second-order valence-electron chi connectivity index (χ2n) is 5.54. The van der Waals surface area contributed by atoms with Crippen molar-refractivity contribution in [1.29, 1.82) is 0 Å². The number of fused-ring (bicyclic) bond motifs is 1. The van der Waals surface area contributed by atoms with E-state index in [1.165, 1.54) is 0 Å². The van der Waals surface area contributed by atoms with Gasteiger partial charge in [-0.05, 0) is 38.1 Å². The Labute approximate surface area is 117 Å². The van der Waals surface area contributed by atoms with Gasteiger partial charge in [0.15, 0.2) is 0 Å². The number of piperazine rings is 1. The zero-order valence-corrected chi connectivity index (χ0v) is 11.7. The highest BCUT2D eigenvalue weighted by atomic mass is 16.2. The van der Waals surface area contributed by atoms with Crippen molar-refractivity contribution in [2.24, 2.45) is 0 Å². The number of carbonyl (C=O) groups is 1. The van der Waals surface area contributed by atoms with Gasteiger partial charge in [0, 0.05) is 30.4 Å². The lowest BCUT2D eigenvalue weighted by Gasteiger charge is -2.43. The molecule has 1 fully saturated rings. The van der Waals surface area contributed by atoms with Crippen LogP contribution in [-0.4, -0.2) is 29.5 Å². The van der Waals surface area contributed by atoms with E-state index in [-0.39, 0.29) is 5.91 Å². The van der Waals surface area contributed by atoms with Crippen molar-refractivity contribution in [3.8, 4) is 0 Å². The van der Waals surface area contributed by atoms with Crippen molar-refractivity contribution in [1.82, 2.24) is 10.3 Å². The standard InChI is InChI=1S/C15H18N4O/c1-15(2)14(20)18-8-9-19(15)12-6-5-11(16)13-10(12)4-3-7-17-13/h3-7H,8-9,16H2,1-2H3,(H,18,20). The summed E-state index contributed by atoms with van der Waals surface area (Å²) in [5.74, 6) is 0.0395. The smallest absolute Gasteiger partial charge is 0.245 e. The zero-order valence-electron chi connectivity index (χ0n) is 11.7. The van der Waals surface area contributed by atoms with E-state index < -0.39 is 5.54 Å². The fourth-order valence-electron chi connectivity index (χ4n) is 2.74. The van der Waals surface area contributed by atoms with Crippen molar-refractivity contribution < 1.29 is 4.79 Å². The van der Waals surface area contributed by atoms with Gasteiger partial charge in [-0.15, -0.1) is 0 Å². The number of nitrogens with two attached hydrogens (primary N) is 1. The number of hydrogen-bond acceptors (Lipinski definition) is 4.